The fourth-order valence-electron chi connectivity index (χ4n) is 13.8. The van der Waals surface area contributed by atoms with Crippen LogP contribution in [-0.2, 0) is 9.13 Å². The van der Waals surface area contributed by atoms with Crippen molar-refractivity contribution in [1.82, 2.24) is 0 Å². The van der Waals surface area contributed by atoms with Crippen molar-refractivity contribution in [2.45, 2.75) is 0 Å². The second-order valence-corrected chi connectivity index (χ2v) is 33.8. The van der Waals surface area contributed by atoms with Crippen LogP contribution in [0.2, 0.25) is 0 Å². The van der Waals surface area contributed by atoms with E-state index in [1.54, 1.807) is 0 Å². The molecule has 0 N–H and O–H groups in total. The number of fused-ring (bicyclic) bond motifs is 6. The normalized spacial score (nSPS) is 17.9. The number of benzene rings is 12. The molecular weight excluding hydrogens is 1040 g/mol. The van der Waals surface area contributed by atoms with E-state index < -0.39 is 30.4 Å². The molecule has 380 valence electrons. The Morgan fingerprint density at radius 2 is 0.475 bits per heavy atom. The summed E-state index contributed by atoms with van der Waals surface area (Å²) in [6.07, 6.45) is 0. The minimum atomic E-state index is -3.81. The fourth-order valence-corrected chi connectivity index (χ4v) is 31.3. The Balaban J connectivity index is 0.974. The number of para-hydroxylation sites is 4. The second kappa shape index (κ2) is 18.9. The van der Waals surface area contributed by atoms with Crippen molar-refractivity contribution >= 4 is 138 Å². The smallest absolute Gasteiger partial charge is 0.184 e. The molecule has 0 saturated heterocycles. The lowest BCUT2D eigenvalue weighted by atomic mass is 10.1. The van der Waals surface area contributed by atoms with E-state index in [0.29, 0.717) is 31.8 Å². The summed E-state index contributed by atoms with van der Waals surface area (Å²) in [5.41, 5.74) is 5.99. The van der Waals surface area contributed by atoms with Gasteiger partial charge in [-0.1, -0.05) is 255 Å². The Morgan fingerprint density at radius 3 is 0.750 bits per heavy atom. The van der Waals surface area contributed by atoms with Gasteiger partial charge in [0.2, 0.25) is 0 Å². The highest BCUT2D eigenvalue weighted by atomic mass is 31.2. The van der Waals surface area contributed by atoms with E-state index in [9.17, 15) is 0 Å². The summed E-state index contributed by atoms with van der Waals surface area (Å²) in [5.74, 6) is 0. The van der Waals surface area contributed by atoms with Crippen LogP contribution in [0.3, 0.4) is 0 Å². The Labute approximate surface area is 469 Å². The number of nitrogens with zero attached hydrogens (tertiary/aromatic N) is 2. The van der Waals surface area contributed by atoms with Crippen LogP contribution in [0.1, 0.15) is 0 Å². The van der Waals surface area contributed by atoms with Crippen LogP contribution in [0.15, 0.2) is 315 Å². The number of hydrogen-bond acceptors (Lipinski definition) is 4. The van der Waals surface area contributed by atoms with Crippen molar-refractivity contribution < 1.29 is 9.13 Å². The summed E-state index contributed by atoms with van der Waals surface area (Å²) in [6, 6.07) is 112. The third-order valence-electron chi connectivity index (χ3n) is 17.1. The SMILES string of the molecule is O=P1(c2ccccc2)c2ccc(N3c4ccccc4[Si](c4ccccc4)(c4ccccc4)c4ccccc43)cc2P(=O)(c2ccccc2)c2ccc(N3c4ccccc4[Si](c4ccccc4)(c4ccccc4)c4ccccc43)cc21. The fraction of sp³-hybridized carbons (Fsp3) is 0. The molecule has 12 aromatic carbocycles. The largest absolute Gasteiger partial charge is 0.311 e. The van der Waals surface area contributed by atoms with Crippen molar-refractivity contribution in [2.24, 2.45) is 0 Å². The molecule has 12 aromatic rings. The lowest BCUT2D eigenvalue weighted by Gasteiger charge is -2.45. The van der Waals surface area contributed by atoms with E-state index in [1.807, 2.05) is 72.8 Å². The molecule has 15 rings (SSSR count). The van der Waals surface area contributed by atoms with E-state index in [1.165, 1.54) is 41.5 Å². The lowest BCUT2D eigenvalue weighted by Crippen LogP contribution is -2.77. The highest BCUT2D eigenvalue weighted by Gasteiger charge is 2.53. The first-order chi connectivity index (χ1) is 39.5. The molecule has 3 heterocycles. The molecular formula is C72H52N2O2P2Si2. The minimum absolute atomic E-state index is 0.596. The van der Waals surface area contributed by atoms with Crippen molar-refractivity contribution in [3.8, 4) is 0 Å². The summed E-state index contributed by atoms with van der Waals surface area (Å²) in [4.78, 5) is 4.73. The Bertz CT molecular complexity index is 3990. The third kappa shape index (κ3) is 6.81. The van der Waals surface area contributed by atoms with E-state index in [4.69, 9.17) is 0 Å². The van der Waals surface area contributed by atoms with Crippen LogP contribution in [0, 0.1) is 0 Å². The van der Waals surface area contributed by atoms with Gasteiger partial charge in [-0.05, 0) is 102 Å². The standard InChI is InChI=1S/C72H52N2O2P2Si2/c75-77(55-27-7-1-8-28-55)65-49-47-54(74-63-41-21-25-45-71(63)80(59-35-15-5-16-36-59,60-37-17-6-18-38-60)72-46-26-22-42-64(72)74)52-68(65)78(76,56-29-9-2-10-30-56)66-50-48-53(51-67(66)77)73-61-39-19-23-43-69(61)79(57-31-11-3-12-32-57,58-33-13-4-14-34-58)70-44-24-20-40-62(70)73/h1-52H. The predicted octanol–water partition coefficient (Wildman–Crippen LogP) is 9.60. The molecule has 2 atom stereocenters. The molecule has 0 radical (unpaired) electrons. The monoisotopic (exact) mass is 1090 g/mol. The first-order valence-corrected chi connectivity index (χ1v) is 34.7. The van der Waals surface area contributed by atoms with Crippen LogP contribution in [0.4, 0.5) is 34.1 Å². The molecule has 0 saturated carbocycles. The van der Waals surface area contributed by atoms with Gasteiger partial charge in [-0.25, -0.2) is 0 Å². The Morgan fingerprint density at radius 1 is 0.237 bits per heavy atom. The van der Waals surface area contributed by atoms with Crippen molar-refractivity contribution in [3.05, 3.63) is 315 Å². The van der Waals surface area contributed by atoms with Crippen LogP contribution >= 0.6 is 14.3 Å². The summed E-state index contributed by atoms with van der Waals surface area (Å²) in [7, 11) is -13.5. The van der Waals surface area contributed by atoms with E-state index in [2.05, 4.69) is 252 Å². The van der Waals surface area contributed by atoms with Crippen molar-refractivity contribution in [2.75, 3.05) is 9.80 Å². The zero-order chi connectivity index (χ0) is 53.5. The predicted molar refractivity (Wildman–Crippen MR) is 342 cm³/mol. The first kappa shape index (κ1) is 48.3. The zero-order valence-corrected chi connectivity index (χ0v) is 47.4. The van der Waals surface area contributed by atoms with E-state index in [0.717, 1.165) is 34.1 Å². The van der Waals surface area contributed by atoms with Crippen LogP contribution in [-0.4, -0.2) is 16.1 Å². The average molecular weight is 1100 g/mol. The molecule has 0 spiro atoms. The quantitative estimate of drug-likeness (QED) is 0.112. The van der Waals surface area contributed by atoms with Crippen LogP contribution in [0.25, 0.3) is 0 Å². The minimum Gasteiger partial charge on any atom is -0.311 e. The maximum absolute atomic E-state index is 17.5. The molecule has 0 aromatic heterocycles. The molecule has 0 aliphatic carbocycles. The lowest BCUT2D eigenvalue weighted by molar-refractivity contribution is 0.589. The number of rotatable bonds is 8. The van der Waals surface area contributed by atoms with Gasteiger partial charge in [-0.15, -0.1) is 0 Å². The van der Waals surface area contributed by atoms with Gasteiger partial charge in [-0.3, -0.25) is 0 Å². The zero-order valence-electron chi connectivity index (χ0n) is 43.6. The molecule has 8 heteroatoms. The molecule has 3 aliphatic rings. The Hall–Kier alpha value is -8.87. The van der Waals surface area contributed by atoms with Gasteiger partial charge in [0.05, 0.1) is 0 Å². The van der Waals surface area contributed by atoms with Gasteiger partial charge in [0.15, 0.2) is 30.4 Å². The van der Waals surface area contributed by atoms with Gasteiger partial charge < -0.3 is 18.9 Å². The summed E-state index contributed by atoms with van der Waals surface area (Å²) in [6.45, 7) is 0. The average Bonchev–Trinajstić information content (AvgIpc) is 3.66. The van der Waals surface area contributed by atoms with Gasteiger partial charge in [0.25, 0.3) is 0 Å². The van der Waals surface area contributed by atoms with Gasteiger partial charge in [0.1, 0.15) is 0 Å². The highest BCUT2D eigenvalue weighted by molar-refractivity contribution is 7.95. The molecule has 3 aliphatic heterocycles. The summed E-state index contributed by atoms with van der Waals surface area (Å²) >= 11 is 0. The Kier molecular flexibility index (Phi) is 11.4. The van der Waals surface area contributed by atoms with Gasteiger partial charge in [-0.2, -0.15) is 0 Å². The summed E-state index contributed by atoms with van der Waals surface area (Å²) < 4.78 is 35.1. The van der Waals surface area contributed by atoms with Crippen LogP contribution in [0.5, 0.6) is 0 Å². The van der Waals surface area contributed by atoms with E-state index in [-0.39, 0.29) is 0 Å². The number of hydrogen-bond donors (Lipinski definition) is 0. The summed E-state index contributed by atoms with van der Waals surface area (Å²) in [5, 5.41) is 14.0. The maximum Gasteiger partial charge on any atom is 0.184 e. The van der Waals surface area contributed by atoms with Gasteiger partial charge in [0, 0.05) is 66.0 Å². The second-order valence-electron chi connectivity index (χ2n) is 20.9. The molecule has 0 bridgehead atoms. The topological polar surface area (TPSA) is 40.6 Å². The molecule has 4 nitrogen and oxygen atoms in total. The first-order valence-electron chi connectivity index (χ1n) is 27.3. The maximum atomic E-state index is 17.5. The molecule has 0 fully saturated rings. The van der Waals surface area contributed by atoms with Gasteiger partial charge >= 0.3 is 0 Å². The molecule has 0 amide bonds. The number of anilines is 6. The molecule has 80 heavy (non-hydrogen) atoms. The van der Waals surface area contributed by atoms with Crippen LogP contribution < -0.4 is 83.1 Å². The molecule has 2 unspecified atom stereocenters. The highest BCUT2D eigenvalue weighted by Crippen LogP contribution is 2.56. The third-order valence-corrected chi connectivity index (χ3v) is 33.4. The van der Waals surface area contributed by atoms with Crippen molar-refractivity contribution in [1.29, 1.82) is 0 Å². The van der Waals surface area contributed by atoms with E-state index >= 15 is 9.13 Å². The van der Waals surface area contributed by atoms with Crippen molar-refractivity contribution in [3.63, 3.8) is 0 Å².